The SMILES string of the molecule is CCS(=O)(=O)Nc1cc2oc(-c3ccc(F)cc3)c(C(=O)NC)c2cc1-c1cc(-c2cc3c(F)cccc3[nH]2)c(=O)n(C)c1. The Morgan fingerprint density at radius 1 is 0.977 bits per heavy atom. The molecule has 0 spiro atoms. The quantitative estimate of drug-likeness (QED) is 0.203. The Bertz CT molecular complexity index is 2270. The van der Waals surface area contributed by atoms with Crippen LogP contribution in [0.3, 0.4) is 0 Å². The largest absolute Gasteiger partial charge is 0.455 e. The first-order valence-corrected chi connectivity index (χ1v) is 15.2. The average Bonchev–Trinajstić information content (AvgIpc) is 3.60. The fraction of sp³-hybridized carbons (Fsp3) is 0.125. The van der Waals surface area contributed by atoms with Gasteiger partial charge < -0.3 is 19.3 Å². The summed E-state index contributed by atoms with van der Waals surface area (Å²) in [5, 5.41) is 3.28. The van der Waals surface area contributed by atoms with Gasteiger partial charge in [0.25, 0.3) is 11.5 Å². The van der Waals surface area contributed by atoms with E-state index in [0.717, 1.165) is 0 Å². The molecule has 0 saturated heterocycles. The summed E-state index contributed by atoms with van der Waals surface area (Å²) < 4.78 is 63.7. The summed E-state index contributed by atoms with van der Waals surface area (Å²) in [6.45, 7) is 1.49. The molecule has 12 heteroatoms. The molecule has 3 aromatic heterocycles. The van der Waals surface area contributed by atoms with Crippen LogP contribution in [0.15, 0.2) is 82.1 Å². The fourth-order valence-corrected chi connectivity index (χ4v) is 5.82. The molecule has 0 aliphatic carbocycles. The third-order valence-corrected chi connectivity index (χ3v) is 8.72. The highest BCUT2D eigenvalue weighted by atomic mass is 32.2. The standard InChI is InChI=1S/C32H26F2N4O5S/c1-4-44(41,42)37-27-15-28-23(29(31(39)35-2)30(43-28)17-8-10-19(33)11-9-17)13-20(27)18-12-22(32(40)38(3)16-18)26-14-21-24(34)6-5-7-25(21)36-26/h5-16,36-37H,4H2,1-3H3,(H,35,39). The number of furan rings is 1. The van der Waals surface area contributed by atoms with Gasteiger partial charge >= 0.3 is 0 Å². The molecule has 0 atom stereocenters. The van der Waals surface area contributed by atoms with Crippen LogP contribution < -0.4 is 15.6 Å². The first kappa shape index (κ1) is 28.9. The minimum atomic E-state index is -3.78. The Kier molecular flexibility index (Phi) is 7.08. The first-order chi connectivity index (χ1) is 21.0. The second kappa shape index (κ2) is 10.8. The number of H-pyrrole nitrogens is 1. The van der Waals surface area contributed by atoms with Gasteiger partial charge in [0.15, 0.2) is 0 Å². The lowest BCUT2D eigenvalue weighted by atomic mass is 9.98. The summed E-state index contributed by atoms with van der Waals surface area (Å²) in [4.78, 5) is 29.6. The summed E-state index contributed by atoms with van der Waals surface area (Å²) in [6.07, 6.45) is 1.54. The van der Waals surface area contributed by atoms with Gasteiger partial charge in [0, 0.05) is 59.3 Å². The van der Waals surface area contributed by atoms with Gasteiger partial charge in [0.05, 0.1) is 28.3 Å². The molecule has 6 aromatic rings. The number of pyridine rings is 1. The number of nitrogens with zero attached hydrogens (tertiary/aromatic N) is 1. The number of anilines is 1. The van der Waals surface area contributed by atoms with Crippen molar-refractivity contribution in [3.63, 3.8) is 0 Å². The molecule has 0 radical (unpaired) electrons. The van der Waals surface area contributed by atoms with Crippen LogP contribution in [-0.4, -0.2) is 36.7 Å². The first-order valence-electron chi connectivity index (χ1n) is 13.6. The molecule has 1 amide bonds. The molecule has 0 aliphatic rings. The number of fused-ring (bicyclic) bond motifs is 2. The van der Waals surface area contributed by atoms with E-state index in [1.54, 1.807) is 43.6 Å². The number of aromatic amines is 1. The van der Waals surface area contributed by atoms with Crippen LogP contribution in [0.25, 0.3) is 55.6 Å². The molecule has 0 saturated carbocycles. The second-order valence-electron chi connectivity index (χ2n) is 10.2. The van der Waals surface area contributed by atoms with E-state index in [1.807, 2.05) is 0 Å². The maximum atomic E-state index is 14.5. The lowest BCUT2D eigenvalue weighted by Crippen LogP contribution is -2.19. The van der Waals surface area contributed by atoms with E-state index in [1.165, 1.54) is 54.9 Å². The molecule has 0 bridgehead atoms. The van der Waals surface area contributed by atoms with Crippen LogP contribution in [0, 0.1) is 11.6 Å². The molecular weight excluding hydrogens is 590 g/mol. The topological polar surface area (TPSA) is 126 Å². The van der Waals surface area contributed by atoms with Crippen molar-refractivity contribution in [1.82, 2.24) is 14.9 Å². The lowest BCUT2D eigenvalue weighted by Gasteiger charge is -2.14. The fourth-order valence-electron chi connectivity index (χ4n) is 5.18. The van der Waals surface area contributed by atoms with Crippen molar-refractivity contribution in [3.8, 4) is 33.7 Å². The van der Waals surface area contributed by atoms with Gasteiger partial charge in [-0.25, -0.2) is 17.2 Å². The number of aryl methyl sites for hydroxylation is 1. The van der Waals surface area contributed by atoms with Crippen LogP contribution in [0.2, 0.25) is 0 Å². The van der Waals surface area contributed by atoms with Gasteiger partial charge in [-0.15, -0.1) is 0 Å². The Morgan fingerprint density at radius 3 is 2.41 bits per heavy atom. The summed E-state index contributed by atoms with van der Waals surface area (Å²) in [6, 6.07) is 16.2. The number of hydrogen-bond acceptors (Lipinski definition) is 5. The molecular formula is C32H26F2N4O5S. The number of aromatic nitrogens is 2. The normalized spacial score (nSPS) is 11.8. The van der Waals surface area contributed by atoms with Crippen LogP contribution in [0.1, 0.15) is 17.3 Å². The van der Waals surface area contributed by atoms with E-state index in [2.05, 4.69) is 15.0 Å². The minimum Gasteiger partial charge on any atom is -0.455 e. The summed E-state index contributed by atoms with van der Waals surface area (Å²) in [7, 11) is -0.775. The number of nitrogens with one attached hydrogen (secondary N) is 3. The molecule has 3 N–H and O–H groups in total. The van der Waals surface area contributed by atoms with Crippen molar-refractivity contribution < 1.29 is 26.4 Å². The van der Waals surface area contributed by atoms with Gasteiger partial charge in [-0.1, -0.05) is 6.07 Å². The number of amides is 1. The average molecular weight is 617 g/mol. The third-order valence-electron chi connectivity index (χ3n) is 7.43. The van der Waals surface area contributed by atoms with E-state index >= 15 is 0 Å². The Hall–Kier alpha value is -5.23. The zero-order chi connectivity index (χ0) is 31.3. The third kappa shape index (κ3) is 5.02. The van der Waals surface area contributed by atoms with E-state index < -0.39 is 27.6 Å². The van der Waals surface area contributed by atoms with Crippen LogP contribution >= 0.6 is 0 Å². The maximum absolute atomic E-state index is 14.5. The zero-order valence-corrected chi connectivity index (χ0v) is 24.6. The predicted octanol–water partition coefficient (Wildman–Crippen LogP) is 6.01. The van der Waals surface area contributed by atoms with E-state index in [9.17, 15) is 26.8 Å². The van der Waals surface area contributed by atoms with Gasteiger partial charge in [0.1, 0.15) is 23.0 Å². The Balaban J connectivity index is 1.64. The molecule has 44 heavy (non-hydrogen) atoms. The number of sulfonamides is 1. The molecule has 3 aromatic carbocycles. The molecule has 0 fully saturated rings. The van der Waals surface area contributed by atoms with E-state index in [4.69, 9.17) is 4.42 Å². The Labute approximate surface area is 250 Å². The monoisotopic (exact) mass is 616 g/mol. The van der Waals surface area contributed by atoms with Crippen molar-refractivity contribution in [1.29, 1.82) is 0 Å². The van der Waals surface area contributed by atoms with Crippen LogP contribution in [0.5, 0.6) is 0 Å². The number of benzene rings is 3. The molecule has 0 aliphatic heterocycles. The van der Waals surface area contributed by atoms with Gasteiger partial charge in [-0.05, 0) is 61.5 Å². The highest BCUT2D eigenvalue weighted by Crippen LogP contribution is 2.40. The van der Waals surface area contributed by atoms with Gasteiger partial charge in [-0.3, -0.25) is 14.3 Å². The van der Waals surface area contributed by atoms with Crippen LogP contribution in [-0.2, 0) is 17.1 Å². The molecule has 0 unspecified atom stereocenters. The highest BCUT2D eigenvalue weighted by molar-refractivity contribution is 7.92. The summed E-state index contributed by atoms with van der Waals surface area (Å²) in [5.41, 5.74) is 2.47. The van der Waals surface area contributed by atoms with Crippen molar-refractivity contribution in [2.24, 2.45) is 7.05 Å². The Morgan fingerprint density at radius 2 is 1.73 bits per heavy atom. The van der Waals surface area contributed by atoms with E-state index in [0.29, 0.717) is 38.7 Å². The number of carbonyl (C=O) groups excluding carboxylic acids is 1. The van der Waals surface area contributed by atoms with Crippen molar-refractivity contribution in [2.75, 3.05) is 17.5 Å². The van der Waals surface area contributed by atoms with Crippen LogP contribution in [0.4, 0.5) is 14.5 Å². The second-order valence-corrected chi connectivity index (χ2v) is 12.2. The number of carbonyl (C=O) groups is 1. The minimum absolute atomic E-state index is 0.148. The van der Waals surface area contributed by atoms with Crippen molar-refractivity contribution in [3.05, 3.63) is 100 Å². The molecule has 3 heterocycles. The van der Waals surface area contributed by atoms with Gasteiger partial charge in [0.2, 0.25) is 10.0 Å². The molecule has 6 rings (SSSR count). The number of halogens is 2. The summed E-state index contributed by atoms with van der Waals surface area (Å²) >= 11 is 0. The zero-order valence-electron chi connectivity index (χ0n) is 23.8. The smallest absolute Gasteiger partial charge is 0.259 e. The lowest BCUT2D eigenvalue weighted by molar-refractivity contribution is 0.0964. The maximum Gasteiger partial charge on any atom is 0.259 e. The molecule has 9 nitrogen and oxygen atoms in total. The van der Waals surface area contributed by atoms with Crippen molar-refractivity contribution in [2.45, 2.75) is 6.92 Å². The number of rotatable bonds is 7. The van der Waals surface area contributed by atoms with E-state index in [-0.39, 0.29) is 39.5 Å². The highest BCUT2D eigenvalue weighted by Gasteiger charge is 2.25. The molecule has 224 valence electrons. The van der Waals surface area contributed by atoms with Crippen molar-refractivity contribution >= 4 is 43.5 Å². The summed E-state index contributed by atoms with van der Waals surface area (Å²) in [5.74, 6) is -1.43. The van der Waals surface area contributed by atoms with Gasteiger partial charge in [-0.2, -0.15) is 0 Å². The number of hydrogen-bond donors (Lipinski definition) is 3. The predicted molar refractivity (Wildman–Crippen MR) is 166 cm³/mol.